The molecule has 0 N–H and O–H groups in total. The number of benzene rings is 3. The Kier molecular flexibility index (Phi) is 7.05. The molecule has 3 aromatic rings. The minimum atomic E-state index is -1.10. The van der Waals surface area contributed by atoms with Crippen LogP contribution in [0.3, 0.4) is 0 Å². The number of fused-ring (bicyclic) bond motifs is 3. The van der Waals surface area contributed by atoms with Gasteiger partial charge in [0.15, 0.2) is 0 Å². The van der Waals surface area contributed by atoms with Crippen LogP contribution < -0.4 is 4.74 Å². The van der Waals surface area contributed by atoms with Crippen molar-refractivity contribution in [1.29, 1.82) is 0 Å². The summed E-state index contributed by atoms with van der Waals surface area (Å²) in [5.74, 6) is 0.351. The molecule has 0 unspecified atom stereocenters. The Labute approximate surface area is 219 Å². The van der Waals surface area contributed by atoms with E-state index in [1.807, 2.05) is 54.3 Å². The fraction of sp³-hybridized carbons (Fsp3) is 0.375. The van der Waals surface area contributed by atoms with Gasteiger partial charge in [-0.05, 0) is 66.5 Å². The molecule has 2 atom stereocenters. The first-order valence-electron chi connectivity index (χ1n) is 13.3. The van der Waals surface area contributed by atoms with Gasteiger partial charge in [-0.3, -0.25) is 9.59 Å². The summed E-state index contributed by atoms with van der Waals surface area (Å²) in [7, 11) is 1.39. The Morgan fingerprint density at radius 3 is 2.32 bits per heavy atom. The minimum absolute atomic E-state index is 0.0848. The lowest BCUT2D eigenvalue weighted by Crippen LogP contribution is -2.64. The van der Waals surface area contributed by atoms with Crippen LogP contribution in [-0.2, 0) is 39.3 Å². The first-order valence-corrected chi connectivity index (χ1v) is 13.3. The molecule has 37 heavy (non-hydrogen) atoms. The summed E-state index contributed by atoms with van der Waals surface area (Å²) in [6.07, 6.45) is 3.89. The topological polar surface area (TPSA) is 55.8 Å². The van der Waals surface area contributed by atoms with Crippen LogP contribution in [0.25, 0.3) is 0 Å². The standard InChI is InChI=1S/C32H35NO4/c1-3-17-31(30(35)36-2)18-19-32(22-24-10-6-4-7-11-24)28-15-14-27(37-23-25-12-8-5-9-13-25)21-26(28)16-20-33(32)29(31)34/h4-15,21H,3,16-20,22-23H2,1-2H3/t31-,32-/m1/s1. The Balaban J connectivity index is 1.52. The fourth-order valence-corrected chi connectivity index (χ4v) is 6.36. The van der Waals surface area contributed by atoms with E-state index >= 15 is 0 Å². The quantitative estimate of drug-likeness (QED) is 0.290. The zero-order valence-corrected chi connectivity index (χ0v) is 21.7. The second-order valence-corrected chi connectivity index (χ2v) is 10.3. The van der Waals surface area contributed by atoms with Crippen molar-refractivity contribution in [3.63, 3.8) is 0 Å². The number of rotatable bonds is 8. The highest BCUT2D eigenvalue weighted by atomic mass is 16.5. The molecule has 1 saturated heterocycles. The van der Waals surface area contributed by atoms with E-state index in [2.05, 4.69) is 36.4 Å². The molecule has 2 heterocycles. The number of hydrogen-bond acceptors (Lipinski definition) is 4. The molecule has 0 spiro atoms. The molecule has 1 fully saturated rings. The van der Waals surface area contributed by atoms with Gasteiger partial charge >= 0.3 is 5.97 Å². The van der Waals surface area contributed by atoms with Crippen LogP contribution in [0.15, 0.2) is 78.9 Å². The molecule has 0 saturated carbocycles. The van der Waals surface area contributed by atoms with Crippen molar-refractivity contribution in [1.82, 2.24) is 4.90 Å². The number of carbonyl (C=O) groups excluding carboxylic acids is 2. The predicted molar refractivity (Wildman–Crippen MR) is 143 cm³/mol. The summed E-state index contributed by atoms with van der Waals surface area (Å²) in [6.45, 7) is 3.10. The molecule has 3 aromatic carbocycles. The van der Waals surface area contributed by atoms with Crippen molar-refractivity contribution < 1.29 is 19.1 Å². The second-order valence-electron chi connectivity index (χ2n) is 10.3. The van der Waals surface area contributed by atoms with Gasteiger partial charge in [0, 0.05) is 6.54 Å². The molecule has 2 aliphatic rings. The zero-order valence-electron chi connectivity index (χ0n) is 21.7. The van der Waals surface area contributed by atoms with E-state index in [0.717, 1.165) is 29.7 Å². The predicted octanol–water partition coefficient (Wildman–Crippen LogP) is 5.84. The molecule has 5 heteroatoms. The molecule has 5 rings (SSSR count). The van der Waals surface area contributed by atoms with Gasteiger partial charge in [0.05, 0.1) is 12.6 Å². The van der Waals surface area contributed by atoms with Gasteiger partial charge in [-0.1, -0.05) is 80.1 Å². The highest BCUT2D eigenvalue weighted by Crippen LogP contribution is 2.52. The summed E-state index contributed by atoms with van der Waals surface area (Å²) in [5, 5.41) is 0. The lowest BCUT2D eigenvalue weighted by atomic mass is 9.64. The largest absolute Gasteiger partial charge is 0.489 e. The molecule has 0 aromatic heterocycles. The summed E-state index contributed by atoms with van der Waals surface area (Å²) < 4.78 is 11.3. The number of piperidine rings is 1. The van der Waals surface area contributed by atoms with E-state index in [-0.39, 0.29) is 5.91 Å². The van der Waals surface area contributed by atoms with Gasteiger partial charge < -0.3 is 14.4 Å². The van der Waals surface area contributed by atoms with Gasteiger partial charge in [0.2, 0.25) is 5.91 Å². The van der Waals surface area contributed by atoms with Crippen molar-refractivity contribution in [2.45, 2.75) is 57.6 Å². The molecule has 5 nitrogen and oxygen atoms in total. The third kappa shape index (κ3) is 4.52. The SMILES string of the molecule is CCC[C@@]1(C(=O)OC)CC[C@@]2(Cc3ccccc3)c3ccc(OCc4ccccc4)cc3CCN2C1=O. The van der Waals surface area contributed by atoms with Crippen LogP contribution in [-0.4, -0.2) is 30.4 Å². The monoisotopic (exact) mass is 497 g/mol. The maximum absolute atomic E-state index is 14.2. The van der Waals surface area contributed by atoms with Crippen LogP contribution in [0.1, 0.15) is 54.9 Å². The number of esters is 1. The molecule has 0 bridgehead atoms. The zero-order chi connectivity index (χ0) is 25.9. The van der Waals surface area contributed by atoms with Crippen LogP contribution in [0, 0.1) is 5.41 Å². The molecule has 1 amide bonds. The van der Waals surface area contributed by atoms with E-state index in [0.29, 0.717) is 38.8 Å². The van der Waals surface area contributed by atoms with Crippen molar-refractivity contribution in [2.75, 3.05) is 13.7 Å². The lowest BCUT2D eigenvalue weighted by molar-refractivity contribution is -0.176. The summed E-state index contributed by atoms with van der Waals surface area (Å²) in [6, 6.07) is 26.8. The third-order valence-electron chi connectivity index (χ3n) is 8.16. The van der Waals surface area contributed by atoms with Crippen LogP contribution >= 0.6 is 0 Å². The van der Waals surface area contributed by atoms with Crippen LogP contribution in [0.5, 0.6) is 5.75 Å². The van der Waals surface area contributed by atoms with Crippen molar-refractivity contribution in [3.05, 3.63) is 101 Å². The van der Waals surface area contributed by atoms with Gasteiger partial charge in [-0.25, -0.2) is 0 Å². The number of amides is 1. The smallest absolute Gasteiger partial charge is 0.321 e. The number of methoxy groups -OCH3 is 1. The Morgan fingerprint density at radius 1 is 0.946 bits per heavy atom. The number of carbonyl (C=O) groups is 2. The minimum Gasteiger partial charge on any atom is -0.489 e. The Bertz CT molecular complexity index is 1260. The van der Waals surface area contributed by atoms with E-state index in [4.69, 9.17) is 9.47 Å². The molecule has 192 valence electrons. The number of nitrogens with zero attached hydrogens (tertiary/aromatic N) is 1. The number of ether oxygens (including phenoxy) is 2. The first kappa shape index (κ1) is 25.1. The summed E-state index contributed by atoms with van der Waals surface area (Å²) >= 11 is 0. The van der Waals surface area contributed by atoms with Crippen molar-refractivity contribution in [2.24, 2.45) is 5.41 Å². The summed E-state index contributed by atoms with van der Waals surface area (Å²) in [5.41, 5.74) is 3.08. The molecule has 0 aliphatic carbocycles. The molecule has 0 radical (unpaired) electrons. The fourth-order valence-electron chi connectivity index (χ4n) is 6.36. The van der Waals surface area contributed by atoms with Crippen molar-refractivity contribution >= 4 is 11.9 Å². The average molecular weight is 498 g/mol. The normalized spacial score (nSPS) is 22.6. The Hall–Kier alpha value is -3.60. The Morgan fingerprint density at radius 2 is 1.65 bits per heavy atom. The third-order valence-corrected chi connectivity index (χ3v) is 8.16. The average Bonchev–Trinajstić information content (AvgIpc) is 2.94. The second kappa shape index (κ2) is 10.4. The first-order chi connectivity index (χ1) is 18.0. The highest BCUT2D eigenvalue weighted by Gasteiger charge is 2.59. The summed E-state index contributed by atoms with van der Waals surface area (Å²) in [4.78, 5) is 29.2. The van der Waals surface area contributed by atoms with Gasteiger partial charge in [0.1, 0.15) is 17.8 Å². The van der Waals surface area contributed by atoms with E-state index in [9.17, 15) is 9.59 Å². The lowest BCUT2D eigenvalue weighted by Gasteiger charge is -2.55. The molecule has 2 aliphatic heterocycles. The molecular formula is C32H35NO4. The van der Waals surface area contributed by atoms with Crippen LogP contribution in [0.4, 0.5) is 0 Å². The van der Waals surface area contributed by atoms with E-state index in [1.54, 1.807) is 0 Å². The van der Waals surface area contributed by atoms with Gasteiger partial charge in [0.25, 0.3) is 0 Å². The van der Waals surface area contributed by atoms with Gasteiger partial charge in [-0.2, -0.15) is 0 Å². The maximum atomic E-state index is 14.2. The highest BCUT2D eigenvalue weighted by molar-refractivity contribution is 6.03. The number of hydrogen-bond donors (Lipinski definition) is 0. The molecular weight excluding hydrogens is 462 g/mol. The van der Waals surface area contributed by atoms with Crippen LogP contribution in [0.2, 0.25) is 0 Å². The van der Waals surface area contributed by atoms with E-state index in [1.165, 1.54) is 18.2 Å². The maximum Gasteiger partial charge on any atom is 0.321 e. The van der Waals surface area contributed by atoms with Crippen molar-refractivity contribution in [3.8, 4) is 5.75 Å². The van der Waals surface area contributed by atoms with Gasteiger partial charge in [-0.15, -0.1) is 0 Å². The van der Waals surface area contributed by atoms with E-state index < -0.39 is 16.9 Å².